The molecule has 2 bridgehead atoms. The lowest BCUT2D eigenvalue weighted by Crippen LogP contribution is -2.42. The third-order valence-corrected chi connectivity index (χ3v) is 10.9. The number of halogens is 3. The molecule has 8 rings (SSSR count). The Hall–Kier alpha value is -4.13. The zero-order chi connectivity index (χ0) is 33.0. The molecule has 10 nitrogen and oxygen atoms in total. The summed E-state index contributed by atoms with van der Waals surface area (Å²) in [5.41, 5.74) is 7.93. The quantitative estimate of drug-likeness (QED) is 0.270. The van der Waals surface area contributed by atoms with Crippen molar-refractivity contribution in [2.75, 3.05) is 7.11 Å². The smallest absolute Gasteiger partial charge is 0.403 e. The monoisotopic (exact) mass is 649 g/mol. The highest BCUT2D eigenvalue weighted by atomic mass is 19.4. The van der Waals surface area contributed by atoms with Crippen molar-refractivity contribution in [3.05, 3.63) is 41.6 Å². The van der Waals surface area contributed by atoms with Gasteiger partial charge in [-0.15, -0.1) is 0 Å². The maximum atomic E-state index is 13.8. The summed E-state index contributed by atoms with van der Waals surface area (Å²) >= 11 is 0. The third-order valence-electron chi connectivity index (χ3n) is 10.9. The van der Waals surface area contributed by atoms with Crippen LogP contribution in [0.3, 0.4) is 0 Å². The topological polar surface area (TPSA) is 120 Å². The van der Waals surface area contributed by atoms with Crippen LogP contribution in [0.15, 0.2) is 30.3 Å². The number of fused-ring (bicyclic) bond motifs is 4. The van der Waals surface area contributed by atoms with Gasteiger partial charge in [-0.1, -0.05) is 0 Å². The van der Waals surface area contributed by atoms with E-state index in [0.717, 1.165) is 48.7 Å². The molecular formula is C34H38F3N7O3. The molecule has 1 aromatic carbocycles. The summed E-state index contributed by atoms with van der Waals surface area (Å²) < 4.78 is 50.6. The number of carbonyl (C=O) groups is 2. The van der Waals surface area contributed by atoms with Gasteiger partial charge >= 0.3 is 6.18 Å². The number of aromatic nitrogens is 4. The highest BCUT2D eigenvalue weighted by Crippen LogP contribution is 2.58. The zero-order valence-electron chi connectivity index (χ0n) is 26.6. The molecule has 47 heavy (non-hydrogen) atoms. The minimum Gasteiger partial charge on any atom is -0.494 e. The van der Waals surface area contributed by atoms with Gasteiger partial charge in [0.1, 0.15) is 22.3 Å². The molecule has 3 N–H and O–H groups in total. The van der Waals surface area contributed by atoms with Crippen molar-refractivity contribution in [2.24, 2.45) is 24.1 Å². The first-order chi connectivity index (χ1) is 22.4. The lowest BCUT2D eigenvalue weighted by atomic mass is 9.97. The molecule has 2 saturated heterocycles. The second-order valence-electron chi connectivity index (χ2n) is 14.0. The Morgan fingerprint density at radius 2 is 1.89 bits per heavy atom. The molecule has 4 aliphatic rings. The molecule has 0 radical (unpaired) electrons. The fraction of sp³-hybridized carbons (Fsp3) is 0.529. The number of nitrogens with one attached hydrogen (secondary N) is 1. The Morgan fingerprint density at radius 1 is 1.13 bits per heavy atom. The van der Waals surface area contributed by atoms with Crippen LogP contribution in [0.25, 0.3) is 33.6 Å². The lowest BCUT2D eigenvalue weighted by Gasteiger charge is -2.23. The number of methoxy groups -OCH3 is 1. The number of benzene rings is 1. The summed E-state index contributed by atoms with van der Waals surface area (Å²) in [6.07, 6.45) is -0.0644. The van der Waals surface area contributed by atoms with Crippen LogP contribution in [-0.2, 0) is 18.4 Å². The van der Waals surface area contributed by atoms with Crippen LogP contribution in [0.1, 0.15) is 74.0 Å². The number of nitrogens with two attached hydrogens (primary N) is 1. The molecule has 4 atom stereocenters. The van der Waals surface area contributed by atoms with Gasteiger partial charge in [-0.05, 0) is 88.1 Å². The molecule has 5 heterocycles. The van der Waals surface area contributed by atoms with E-state index in [0.29, 0.717) is 46.5 Å². The van der Waals surface area contributed by atoms with Crippen molar-refractivity contribution in [3.63, 3.8) is 0 Å². The highest BCUT2D eigenvalue weighted by molar-refractivity contribution is 6.00. The fourth-order valence-corrected chi connectivity index (χ4v) is 7.80. The average molecular weight is 650 g/mol. The van der Waals surface area contributed by atoms with Gasteiger partial charge in [0.05, 0.1) is 30.1 Å². The first-order valence-corrected chi connectivity index (χ1v) is 16.4. The maximum absolute atomic E-state index is 13.8. The summed E-state index contributed by atoms with van der Waals surface area (Å²) in [5.74, 6) is 0.643. The second kappa shape index (κ2) is 10.4. The van der Waals surface area contributed by atoms with Crippen molar-refractivity contribution >= 4 is 33.9 Å². The van der Waals surface area contributed by atoms with Crippen molar-refractivity contribution in [1.82, 2.24) is 29.3 Å². The number of hydrogen-bond acceptors (Lipinski definition) is 6. The van der Waals surface area contributed by atoms with Crippen molar-refractivity contribution in [1.29, 1.82) is 0 Å². The molecule has 0 spiro atoms. The number of amides is 2. The van der Waals surface area contributed by atoms with E-state index >= 15 is 0 Å². The summed E-state index contributed by atoms with van der Waals surface area (Å²) in [6.45, 7) is 2.36. The van der Waals surface area contributed by atoms with Crippen molar-refractivity contribution < 1.29 is 27.5 Å². The summed E-state index contributed by atoms with van der Waals surface area (Å²) in [5, 5.41) is 3.42. The van der Waals surface area contributed by atoms with Crippen LogP contribution in [-0.4, -0.2) is 67.2 Å². The van der Waals surface area contributed by atoms with Gasteiger partial charge in [-0.2, -0.15) is 13.2 Å². The molecule has 3 aromatic heterocycles. The predicted molar refractivity (Wildman–Crippen MR) is 169 cm³/mol. The lowest BCUT2D eigenvalue weighted by molar-refractivity contribution is -0.192. The minimum atomic E-state index is -4.58. The van der Waals surface area contributed by atoms with E-state index in [1.54, 1.807) is 26.2 Å². The van der Waals surface area contributed by atoms with Gasteiger partial charge < -0.3 is 29.8 Å². The molecule has 13 heteroatoms. The Kier molecular flexibility index (Phi) is 6.71. The molecule has 2 aliphatic heterocycles. The molecule has 4 fully saturated rings. The number of aryl methyl sites for hydroxylation is 1. The van der Waals surface area contributed by atoms with E-state index in [1.807, 2.05) is 34.7 Å². The normalized spacial score (nSPS) is 23.9. The van der Waals surface area contributed by atoms with Gasteiger partial charge in [-0.25, -0.2) is 9.97 Å². The highest BCUT2D eigenvalue weighted by Gasteiger charge is 2.68. The van der Waals surface area contributed by atoms with Crippen LogP contribution in [0.4, 0.5) is 13.2 Å². The number of pyridine rings is 1. The van der Waals surface area contributed by atoms with Crippen LogP contribution >= 0.6 is 0 Å². The number of rotatable bonds is 8. The number of ether oxygens (including phenoxy) is 1. The van der Waals surface area contributed by atoms with Crippen LogP contribution in [0.2, 0.25) is 0 Å². The summed E-state index contributed by atoms with van der Waals surface area (Å²) in [4.78, 5) is 38.3. The number of hydrogen-bond donors (Lipinski definition) is 2. The van der Waals surface area contributed by atoms with Gasteiger partial charge in [0.2, 0.25) is 5.91 Å². The van der Waals surface area contributed by atoms with Gasteiger partial charge in [0, 0.05) is 42.7 Å². The van der Waals surface area contributed by atoms with E-state index < -0.39 is 23.5 Å². The summed E-state index contributed by atoms with van der Waals surface area (Å²) in [6, 6.07) is 8.77. The Morgan fingerprint density at radius 3 is 2.51 bits per heavy atom. The van der Waals surface area contributed by atoms with Crippen molar-refractivity contribution in [3.8, 4) is 17.3 Å². The average Bonchev–Trinajstić information content (AvgIpc) is 3.91. The number of imidazole rings is 1. The first kappa shape index (κ1) is 30.2. The molecule has 2 aliphatic carbocycles. The molecule has 0 unspecified atom stereocenters. The SMILES string of the molecule is COc1cc(C(=O)N2[C@H]3CC[C@@H]2[C@H](N)C3)cc2nc(-c3cc4ccc([C@@H](C)NC(=O)C5(C(F)(F)F)CC5)nc4n3CC3CC3)n(C)c12. The van der Waals surface area contributed by atoms with Gasteiger partial charge in [-0.3, -0.25) is 9.59 Å². The fourth-order valence-electron chi connectivity index (χ4n) is 7.80. The zero-order valence-corrected chi connectivity index (χ0v) is 26.6. The first-order valence-electron chi connectivity index (χ1n) is 16.4. The largest absolute Gasteiger partial charge is 0.494 e. The predicted octanol–water partition coefficient (Wildman–Crippen LogP) is 5.23. The van der Waals surface area contributed by atoms with E-state index in [-0.39, 0.29) is 36.9 Å². The standard InChI is InChI=1S/C34H38F3N7O3/c1-17(39-32(46)33(10-11-33)34(35,36)37)23-8-6-19-13-26(43(29(19)40-23)16-18-4-5-18)30-41-24-12-20(14-27(47-3)28(24)42(30)2)31(45)44-21-7-9-25(44)22(38)15-21/h6,8,12-14,17-18,21-22,25H,4-5,7,9-11,15-16,38H2,1-3H3,(H,39,46)/t17-,21+,22-,25-/m1/s1. The summed E-state index contributed by atoms with van der Waals surface area (Å²) in [7, 11) is 3.50. The number of nitrogens with zero attached hydrogens (tertiary/aromatic N) is 5. The van der Waals surface area contributed by atoms with Crippen LogP contribution in [0, 0.1) is 11.3 Å². The maximum Gasteiger partial charge on any atom is 0.403 e. The minimum absolute atomic E-state index is 0.00118. The molecular weight excluding hydrogens is 611 g/mol. The van der Waals surface area contributed by atoms with Crippen LogP contribution in [0.5, 0.6) is 5.75 Å². The Labute approximate surface area is 269 Å². The third kappa shape index (κ3) is 4.71. The number of alkyl halides is 3. The molecule has 2 amide bonds. The Bertz CT molecular complexity index is 1940. The Balaban J connectivity index is 1.17. The van der Waals surface area contributed by atoms with Crippen molar-refractivity contribution in [2.45, 2.75) is 88.8 Å². The molecule has 248 valence electrons. The van der Waals surface area contributed by atoms with Crippen LogP contribution < -0.4 is 15.8 Å². The second-order valence-corrected chi connectivity index (χ2v) is 14.0. The number of carbonyl (C=O) groups excluding carboxylic acids is 2. The van der Waals surface area contributed by atoms with E-state index in [2.05, 4.69) is 9.88 Å². The van der Waals surface area contributed by atoms with E-state index in [9.17, 15) is 22.8 Å². The molecule has 4 aromatic rings. The van der Waals surface area contributed by atoms with Gasteiger partial charge in [0.15, 0.2) is 5.82 Å². The van der Waals surface area contributed by atoms with E-state index in [1.165, 1.54) is 0 Å². The van der Waals surface area contributed by atoms with Gasteiger partial charge in [0.25, 0.3) is 5.91 Å². The molecule has 2 saturated carbocycles. The van der Waals surface area contributed by atoms with E-state index in [4.69, 9.17) is 20.4 Å².